The smallest absolute Gasteiger partial charge is 0.325 e. The van der Waals surface area contributed by atoms with Crippen molar-refractivity contribution in [1.82, 2.24) is 9.55 Å². The monoisotopic (exact) mass is 442 g/mol. The predicted octanol–water partition coefficient (Wildman–Crippen LogP) is 3.67. The quantitative estimate of drug-likeness (QED) is 0.423. The number of fused-ring (bicyclic) bond motifs is 1. The second kappa shape index (κ2) is 7.99. The predicted molar refractivity (Wildman–Crippen MR) is 110 cm³/mol. The Balaban J connectivity index is 1.83. The maximum absolute atomic E-state index is 14.0. The molecule has 160 valence electrons. The molecule has 4 aromatic rings. The van der Waals surface area contributed by atoms with Crippen LogP contribution in [0.4, 0.5) is 4.39 Å². The minimum absolute atomic E-state index is 0.0571. The van der Waals surface area contributed by atoms with E-state index >= 15 is 0 Å². The molecule has 0 aliphatic rings. The number of sulfone groups is 1. The van der Waals surface area contributed by atoms with E-state index in [0.29, 0.717) is 22.2 Å². The average molecular weight is 442 g/mol. The summed E-state index contributed by atoms with van der Waals surface area (Å²) in [6.07, 6.45) is 1.16. The molecule has 9 heteroatoms. The highest BCUT2D eigenvalue weighted by molar-refractivity contribution is 7.91. The molecule has 0 spiro atoms. The van der Waals surface area contributed by atoms with Crippen LogP contribution in [0.5, 0.6) is 0 Å². The van der Waals surface area contributed by atoms with Gasteiger partial charge in [-0.2, -0.15) is 0 Å². The minimum Gasteiger partial charge on any atom is -0.468 e. The van der Waals surface area contributed by atoms with E-state index in [0.717, 1.165) is 6.39 Å². The first-order valence-corrected chi connectivity index (χ1v) is 10.9. The molecule has 0 N–H and O–H groups in total. The van der Waals surface area contributed by atoms with Crippen LogP contribution in [0.25, 0.3) is 10.9 Å². The number of ether oxygens (including phenoxy) is 1. The van der Waals surface area contributed by atoms with Crippen molar-refractivity contribution < 1.29 is 26.8 Å². The number of methoxy groups -OCH3 is 1. The van der Waals surface area contributed by atoms with E-state index in [-0.39, 0.29) is 28.6 Å². The fraction of sp³-hybridized carbons (Fsp3) is 0.182. The molecule has 0 atom stereocenters. The number of carbonyl (C=O) groups is 1. The lowest BCUT2D eigenvalue weighted by atomic mass is 10.1. The van der Waals surface area contributed by atoms with Gasteiger partial charge < -0.3 is 13.7 Å². The molecule has 2 aromatic carbocycles. The lowest BCUT2D eigenvalue weighted by Gasteiger charge is -2.07. The third kappa shape index (κ3) is 3.72. The Morgan fingerprint density at radius 2 is 1.94 bits per heavy atom. The fourth-order valence-electron chi connectivity index (χ4n) is 3.61. The van der Waals surface area contributed by atoms with Crippen molar-refractivity contribution >= 4 is 26.7 Å². The van der Waals surface area contributed by atoms with Crippen LogP contribution in [0.2, 0.25) is 0 Å². The Morgan fingerprint density at radius 3 is 2.65 bits per heavy atom. The molecule has 0 saturated carbocycles. The van der Waals surface area contributed by atoms with Gasteiger partial charge in [0.25, 0.3) is 0 Å². The van der Waals surface area contributed by atoms with Gasteiger partial charge in [0.1, 0.15) is 18.1 Å². The van der Waals surface area contributed by atoms with E-state index in [4.69, 9.17) is 9.15 Å². The number of carbonyl (C=O) groups excluding carboxylic acids is 1. The zero-order valence-electron chi connectivity index (χ0n) is 16.8. The SMILES string of the molecule is COC(=O)Cn1c(C)c(Cc2ncoc2S(=O)(=O)c2ccccc2)c2cc(F)ccc21. The van der Waals surface area contributed by atoms with Crippen LogP contribution >= 0.6 is 0 Å². The summed E-state index contributed by atoms with van der Waals surface area (Å²) in [7, 11) is -2.63. The molecule has 4 rings (SSSR count). The molecule has 0 saturated heterocycles. The molecule has 0 bridgehead atoms. The zero-order chi connectivity index (χ0) is 22.2. The van der Waals surface area contributed by atoms with E-state index in [2.05, 4.69) is 4.98 Å². The third-order valence-corrected chi connectivity index (χ3v) is 6.89. The van der Waals surface area contributed by atoms with Gasteiger partial charge in [-0.25, -0.2) is 17.8 Å². The zero-order valence-corrected chi connectivity index (χ0v) is 17.6. The van der Waals surface area contributed by atoms with Gasteiger partial charge >= 0.3 is 5.97 Å². The Hall–Kier alpha value is -3.46. The molecule has 2 heterocycles. The first-order valence-electron chi connectivity index (χ1n) is 9.39. The van der Waals surface area contributed by atoms with Crippen LogP contribution in [0, 0.1) is 12.7 Å². The maximum atomic E-state index is 14.0. The third-order valence-electron chi connectivity index (χ3n) is 5.18. The summed E-state index contributed by atoms with van der Waals surface area (Å²) in [5, 5.41) is 0.302. The van der Waals surface area contributed by atoms with Crippen LogP contribution in [0.3, 0.4) is 0 Å². The van der Waals surface area contributed by atoms with Crippen LogP contribution in [-0.2, 0) is 32.3 Å². The Labute approximate surface area is 178 Å². The van der Waals surface area contributed by atoms with Gasteiger partial charge in [0, 0.05) is 23.0 Å². The maximum Gasteiger partial charge on any atom is 0.325 e. The number of esters is 1. The summed E-state index contributed by atoms with van der Waals surface area (Å²) in [5.74, 6) is -0.897. The van der Waals surface area contributed by atoms with Crippen LogP contribution in [0.15, 0.2) is 69.3 Å². The van der Waals surface area contributed by atoms with Crippen molar-refractivity contribution in [1.29, 1.82) is 0 Å². The molecule has 31 heavy (non-hydrogen) atoms. The van der Waals surface area contributed by atoms with Gasteiger partial charge in [0.15, 0.2) is 6.39 Å². The molecule has 0 radical (unpaired) electrons. The number of aromatic nitrogens is 2. The van der Waals surface area contributed by atoms with Crippen LogP contribution in [0.1, 0.15) is 17.0 Å². The summed E-state index contributed by atoms with van der Waals surface area (Å²) >= 11 is 0. The Kier molecular flexibility index (Phi) is 5.36. The molecule has 2 aromatic heterocycles. The number of nitrogens with zero attached hydrogens (tertiary/aromatic N) is 2. The van der Waals surface area contributed by atoms with E-state index in [1.807, 2.05) is 0 Å². The Bertz CT molecular complexity index is 1370. The molecular formula is C22H19FN2O5S. The topological polar surface area (TPSA) is 91.4 Å². The van der Waals surface area contributed by atoms with Gasteiger partial charge in [0.05, 0.1) is 12.0 Å². The van der Waals surface area contributed by atoms with Gasteiger partial charge in [-0.15, -0.1) is 0 Å². The molecule has 0 aliphatic heterocycles. The Morgan fingerprint density at radius 1 is 1.19 bits per heavy atom. The number of oxazole rings is 1. The largest absolute Gasteiger partial charge is 0.468 e. The van der Waals surface area contributed by atoms with Crippen molar-refractivity contribution in [3.8, 4) is 0 Å². The lowest BCUT2D eigenvalue weighted by Crippen LogP contribution is -2.13. The normalized spacial score (nSPS) is 11.7. The highest BCUT2D eigenvalue weighted by atomic mass is 32.2. The van der Waals surface area contributed by atoms with Crippen LogP contribution in [-0.4, -0.2) is 31.0 Å². The highest BCUT2D eigenvalue weighted by Crippen LogP contribution is 2.31. The second-order valence-electron chi connectivity index (χ2n) is 6.97. The average Bonchev–Trinajstić information content (AvgIpc) is 3.33. The highest BCUT2D eigenvalue weighted by Gasteiger charge is 2.28. The van der Waals surface area contributed by atoms with Crippen LogP contribution < -0.4 is 0 Å². The summed E-state index contributed by atoms with van der Waals surface area (Å²) < 4.78 is 51.8. The summed E-state index contributed by atoms with van der Waals surface area (Å²) in [4.78, 5) is 16.1. The molecule has 0 amide bonds. The van der Waals surface area contributed by atoms with Crippen molar-refractivity contribution in [3.05, 3.63) is 77.7 Å². The summed E-state index contributed by atoms with van der Waals surface area (Å²) in [6.45, 7) is 1.72. The molecule has 0 fully saturated rings. The number of hydrogen-bond donors (Lipinski definition) is 0. The first kappa shape index (κ1) is 20.8. The summed E-state index contributed by atoms with van der Waals surface area (Å²) in [6, 6.07) is 12.2. The van der Waals surface area contributed by atoms with Crippen molar-refractivity contribution in [3.63, 3.8) is 0 Å². The molecule has 0 aliphatic carbocycles. The van der Waals surface area contributed by atoms with Crippen molar-refractivity contribution in [2.45, 2.75) is 29.9 Å². The van der Waals surface area contributed by atoms with Gasteiger partial charge in [-0.1, -0.05) is 18.2 Å². The second-order valence-corrected chi connectivity index (χ2v) is 8.82. The molecular weight excluding hydrogens is 423 g/mol. The van der Waals surface area contributed by atoms with E-state index in [1.54, 1.807) is 35.8 Å². The van der Waals surface area contributed by atoms with E-state index < -0.39 is 21.6 Å². The van der Waals surface area contributed by atoms with Crippen molar-refractivity contribution in [2.75, 3.05) is 7.11 Å². The minimum atomic E-state index is -3.92. The molecule has 0 unspecified atom stereocenters. The first-order chi connectivity index (χ1) is 14.8. The van der Waals surface area contributed by atoms with Gasteiger partial charge in [0.2, 0.25) is 14.9 Å². The number of benzene rings is 2. The fourth-order valence-corrected chi connectivity index (χ4v) is 4.95. The number of rotatable bonds is 6. The van der Waals surface area contributed by atoms with E-state index in [9.17, 15) is 17.6 Å². The number of hydrogen-bond acceptors (Lipinski definition) is 6. The van der Waals surface area contributed by atoms with Crippen molar-refractivity contribution in [2.24, 2.45) is 0 Å². The van der Waals surface area contributed by atoms with Gasteiger partial charge in [-0.05, 0) is 42.8 Å². The summed E-state index contributed by atoms with van der Waals surface area (Å²) in [5.41, 5.74) is 2.16. The lowest BCUT2D eigenvalue weighted by molar-refractivity contribution is -0.141. The van der Waals surface area contributed by atoms with Gasteiger partial charge in [-0.3, -0.25) is 4.79 Å². The van der Waals surface area contributed by atoms with E-state index in [1.165, 1.54) is 31.4 Å². The number of halogens is 1. The standard InChI is InChI=1S/C22H19FN2O5S/c1-14-17(18-10-15(23)8-9-20(18)25(14)12-21(26)29-2)11-19-22(30-13-24-19)31(27,28)16-6-4-3-5-7-16/h3-10,13H,11-12H2,1-2H3. The molecule has 7 nitrogen and oxygen atoms in total.